The Bertz CT molecular complexity index is 1450. The van der Waals surface area contributed by atoms with Gasteiger partial charge < -0.3 is 15.2 Å². The number of hydrogen-bond donors (Lipinski definition) is 2. The van der Waals surface area contributed by atoms with Crippen LogP contribution in [0.25, 0.3) is 16.9 Å². The lowest BCUT2D eigenvalue weighted by Gasteiger charge is -2.26. The number of halogens is 4. The molecule has 1 aliphatic carbocycles. The highest BCUT2D eigenvalue weighted by molar-refractivity contribution is 6.33. The van der Waals surface area contributed by atoms with Crippen molar-refractivity contribution in [3.8, 4) is 16.9 Å². The number of amides is 1. The second kappa shape index (κ2) is 9.85. The molecule has 11 heteroatoms. The van der Waals surface area contributed by atoms with Crippen LogP contribution in [0.1, 0.15) is 40.9 Å². The highest BCUT2D eigenvalue weighted by atomic mass is 35.5. The van der Waals surface area contributed by atoms with Crippen LogP contribution in [0, 0.1) is 6.92 Å². The molecule has 190 valence electrons. The fourth-order valence-electron chi connectivity index (χ4n) is 3.94. The van der Waals surface area contributed by atoms with Crippen molar-refractivity contribution in [1.29, 1.82) is 0 Å². The average molecular weight is 527 g/mol. The standard InChI is InChI=1S/C26H22ClF3N6O/c1-15-13-36(14-31-15)20-11-17(26(28,29)30)10-19(12-20)33-25(37)16-5-6-22(27)21(9-16)23-7-8-24(35-34-23)32-18-3-2-4-18/h5-14,18H,2-4H2,1H3,(H,32,35)(H,33,37). The Kier molecular flexibility index (Phi) is 6.59. The van der Waals surface area contributed by atoms with E-state index in [9.17, 15) is 18.0 Å². The summed E-state index contributed by atoms with van der Waals surface area (Å²) >= 11 is 6.36. The van der Waals surface area contributed by atoms with E-state index in [-0.39, 0.29) is 16.9 Å². The first-order valence-electron chi connectivity index (χ1n) is 11.6. The third-order valence-corrected chi connectivity index (χ3v) is 6.47. The number of nitrogens with one attached hydrogen (secondary N) is 2. The van der Waals surface area contributed by atoms with Gasteiger partial charge in [0.15, 0.2) is 0 Å². The van der Waals surface area contributed by atoms with E-state index in [2.05, 4.69) is 25.8 Å². The van der Waals surface area contributed by atoms with Crippen LogP contribution in [0.15, 0.2) is 61.1 Å². The number of nitrogens with zero attached hydrogens (tertiary/aromatic N) is 4. The number of aryl methyl sites for hydroxylation is 1. The molecule has 4 aromatic rings. The van der Waals surface area contributed by atoms with Crippen molar-refractivity contribution in [2.75, 3.05) is 10.6 Å². The van der Waals surface area contributed by atoms with Crippen molar-refractivity contribution in [2.24, 2.45) is 0 Å². The number of rotatable bonds is 6. The maximum atomic E-state index is 13.6. The van der Waals surface area contributed by atoms with Gasteiger partial charge in [-0.15, -0.1) is 10.2 Å². The fraction of sp³-hybridized carbons (Fsp3) is 0.231. The number of benzene rings is 2. The van der Waals surface area contributed by atoms with Gasteiger partial charge in [-0.25, -0.2) is 4.98 Å². The van der Waals surface area contributed by atoms with Crippen LogP contribution in [0.4, 0.5) is 24.7 Å². The lowest BCUT2D eigenvalue weighted by Crippen LogP contribution is -2.27. The van der Waals surface area contributed by atoms with Crippen molar-refractivity contribution in [3.63, 3.8) is 0 Å². The van der Waals surface area contributed by atoms with Crippen LogP contribution in [-0.2, 0) is 6.18 Å². The number of carbonyl (C=O) groups is 1. The lowest BCUT2D eigenvalue weighted by atomic mass is 9.93. The molecule has 1 amide bonds. The minimum absolute atomic E-state index is 0.0103. The molecule has 0 saturated heterocycles. The smallest absolute Gasteiger partial charge is 0.366 e. The van der Waals surface area contributed by atoms with Gasteiger partial charge in [-0.2, -0.15) is 13.2 Å². The number of alkyl halides is 3. The molecular formula is C26H22ClF3N6O. The zero-order chi connectivity index (χ0) is 26.2. The summed E-state index contributed by atoms with van der Waals surface area (Å²) < 4.78 is 42.2. The molecule has 2 heterocycles. The molecule has 2 N–H and O–H groups in total. The number of anilines is 2. The van der Waals surface area contributed by atoms with Crippen molar-refractivity contribution in [3.05, 3.63) is 82.9 Å². The van der Waals surface area contributed by atoms with E-state index in [4.69, 9.17) is 11.6 Å². The normalized spacial score (nSPS) is 13.8. The number of aromatic nitrogens is 4. The Morgan fingerprint density at radius 2 is 1.89 bits per heavy atom. The molecule has 7 nitrogen and oxygen atoms in total. The molecule has 0 bridgehead atoms. The Morgan fingerprint density at radius 3 is 2.51 bits per heavy atom. The summed E-state index contributed by atoms with van der Waals surface area (Å²) in [5.74, 6) is 0.0631. The van der Waals surface area contributed by atoms with Gasteiger partial charge in [-0.1, -0.05) is 11.6 Å². The van der Waals surface area contributed by atoms with E-state index >= 15 is 0 Å². The van der Waals surface area contributed by atoms with Gasteiger partial charge in [0.2, 0.25) is 0 Å². The van der Waals surface area contributed by atoms with Crippen LogP contribution in [0.3, 0.4) is 0 Å². The van der Waals surface area contributed by atoms with Gasteiger partial charge in [0.05, 0.1) is 28.3 Å². The van der Waals surface area contributed by atoms with Crippen LogP contribution < -0.4 is 10.6 Å². The molecule has 0 aliphatic heterocycles. The first kappa shape index (κ1) is 24.8. The Hall–Kier alpha value is -3.92. The van der Waals surface area contributed by atoms with E-state index in [1.807, 2.05) is 0 Å². The number of carbonyl (C=O) groups excluding carboxylic acids is 1. The van der Waals surface area contributed by atoms with Gasteiger partial charge >= 0.3 is 6.18 Å². The van der Waals surface area contributed by atoms with E-state index < -0.39 is 17.6 Å². The quantitative estimate of drug-likeness (QED) is 0.298. The zero-order valence-corrected chi connectivity index (χ0v) is 20.4. The summed E-state index contributed by atoms with van der Waals surface area (Å²) in [6.45, 7) is 1.73. The minimum atomic E-state index is -4.60. The number of imidazole rings is 1. The lowest BCUT2D eigenvalue weighted by molar-refractivity contribution is -0.137. The first-order valence-corrected chi connectivity index (χ1v) is 12.0. The summed E-state index contributed by atoms with van der Waals surface area (Å²) in [6.07, 6.45) is 1.80. The molecule has 1 aliphatic rings. The molecule has 2 aromatic heterocycles. The van der Waals surface area contributed by atoms with Gasteiger partial charge in [-0.3, -0.25) is 4.79 Å². The fourth-order valence-corrected chi connectivity index (χ4v) is 4.15. The summed E-state index contributed by atoms with van der Waals surface area (Å²) in [7, 11) is 0. The Labute approximate surface area is 215 Å². The molecule has 2 aromatic carbocycles. The third kappa shape index (κ3) is 5.59. The largest absolute Gasteiger partial charge is 0.416 e. The van der Waals surface area contributed by atoms with Crippen molar-refractivity contribution in [2.45, 2.75) is 38.4 Å². The molecule has 0 atom stereocenters. The van der Waals surface area contributed by atoms with E-state index in [0.29, 0.717) is 33.8 Å². The summed E-state index contributed by atoms with van der Waals surface area (Å²) in [6, 6.07) is 11.9. The molecule has 0 spiro atoms. The predicted octanol–water partition coefficient (Wildman–Crippen LogP) is 6.53. The van der Waals surface area contributed by atoms with Crippen LogP contribution in [0.2, 0.25) is 5.02 Å². The summed E-state index contributed by atoms with van der Waals surface area (Å²) in [4.78, 5) is 17.1. The molecule has 1 saturated carbocycles. The van der Waals surface area contributed by atoms with E-state index in [1.165, 1.54) is 35.5 Å². The van der Waals surface area contributed by atoms with Gasteiger partial charge in [0.1, 0.15) is 5.82 Å². The van der Waals surface area contributed by atoms with Crippen LogP contribution in [-0.4, -0.2) is 31.7 Å². The number of hydrogen-bond acceptors (Lipinski definition) is 5. The van der Waals surface area contributed by atoms with E-state index in [0.717, 1.165) is 25.0 Å². The maximum Gasteiger partial charge on any atom is 0.416 e. The molecule has 1 fully saturated rings. The first-order chi connectivity index (χ1) is 17.7. The molecule has 0 unspecified atom stereocenters. The van der Waals surface area contributed by atoms with Gasteiger partial charge in [0.25, 0.3) is 5.91 Å². The summed E-state index contributed by atoms with van der Waals surface area (Å²) in [5, 5.41) is 14.7. The van der Waals surface area contributed by atoms with Crippen LogP contribution in [0.5, 0.6) is 0 Å². The monoisotopic (exact) mass is 526 g/mol. The second-order valence-electron chi connectivity index (χ2n) is 8.91. The molecule has 5 rings (SSSR count). The average Bonchev–Trinajstić information content (AvgIpc) is 3.28. The predicted molar refractivity (Wildman–Crippen MR) is 135 cm³/mol. The highest BCUT2D eigenvalue weighted by Gasteiger charge is 2.31. The third-order valence-electron chi connectivity index (χ3n) is 6.14. The zero-order valence-electron chi connectivity index (χ0n) is 19.7. The molecule has 0 radical (unpaired) electrons. The summed E-state index contributed by atoms with van der Waals surface area (Å²) in [5.41, 5.74) is 1.11. The van der Waals surface area contributed by atoms with Crippen molar-refractivity contribution >= 4 is 29.0 Å². The van der Waals surface area contributed by atoms with Crippen molar-refractivity contribution in [1.82, 2.24) is 19.7 Å². The maximum absolute atomic E-state index is 13.6. The van der Waals surface area contributed by atoms with E-state index in [1.54, 1.807) is 31.3 Å². The van der Waals surface area contributed by atoms with Crippen molar-refractivity contribution < 1.29 is 18.0 Å². The Morgan fingerprint density at radius 1 is 1.08 bits per heavy atom. The van der Waals surface area contributed by atoms with Crippen LogP contribution >= 0.6 is 11.6 Å². The van der Waals surface area contributed by atoms with Gasteiger partial charge in [0, 0.05) is 34.7 Å². The molecule has 37 heavy (non-hydrogen) atoms. The minimum Gasteiger partial charge on any atom is -0.366 e. The molecular weight excluding hydrogens is 505 g/mol. The Balaban J connectivity index is 1.40. The topological polar surface area (TPSA) is 84.7 Å². The SMILES string of the molecule is Cc1cn(-c2cc(NC(=O)c3ccc(Cl)c(-c4ccc(NC5CCC5)nn4)c3)cc(C(F)(F)F)c2)cn1. The highest BCUT2D eigenvalue weighted by Crippen LogP contribution is 2.34. The second-order valence-corrected chi connectivity index (χ2v) is 9.32. The van der Waals surface area contributed by atoms with Gasteiger partial charge in [-0.05, 0) is 74.7 Å².